The molecule has 0 rings (SSSR count). The van der Waals surface area contributed by atoms with Crippen LogP contribution in [-0.2, 0) is 0 Å². The second kappa shape index (κ2) is 29.2. The fourth-order valence-corrected chi connectivity index (χ4v) is 0.289. The largest absolute Gasteiger partial charge is 1.00 e. The standard InChI is InChI=1S/2C4H9O.K.Na/c2*1-2-3-4-5;;/h2*2-4H2,1H3;;/q2*-1;2*+1. The Hall–Kier alpha value is 2.56. The molecule has 2 nitrogen and oxygen atoms in total. The van der Waals surface area contributed by atoms with Gasteiger partial charge in [0.2, 0.25) is 0 Å². The van der Waals surface area contributed by atoms with Crippen molar-refractivity contribution in [3.05, 3.63) is 0 Å². The Balaban J connectivity index is -0.0000000457. The van der Waals surface area contributed by atoms with Gasteiger partial charge in [-0.2, -0.15) is 0 Å². The minimum Gasteiger partial charge on any atom is -0.854 e. The molecule has 0 unspecified atom stereocenters. The van der Waals surface area contributed by atoms with Crippen molar-refractivity contribution in [3.8, 4) is 0 Å². The quantitative estimate of drug-likeness (QED) is 0.432. The molecule has 0 atom stereocenters. The van der Waals surface area contributed by atoms with E-state index in [1.807, 2.05) is 13.8 Å². The molecule has 0 aromatic heterocycles. The predicted octanol–water partition coefficient (Wildman–Crippen LogP) is -5.70. The fourth-order valence-electron chi connectivity index (χ4n) is 0.289. The maximum atomic E-state index is 9.53. The fraction of sp³-hybridized carbons (Fsp3) is 1.00. The van der Waals surface area contributed by atoms with Crippen LogP contribution >= 0.6 is 0 Å². The SMILES string of the molecule is CCCC[O-].CCCC[O-].[K+].[Na+]. The van der Waals surface area contributed by atoms with Gasteiger partial charge >= 0.3 is 80.9 Å². The zero-order valence-electron chi connectivity index (χ0n) is 9.06. The first kappa shape index (κ1) is 24.0. The first-order chi connectivity index (χ1) is 4.83. The molecular formula is C8H18KNaO2. The summed E-state index contributed by atoms with van der Waals surface area (Å²) < 4.78 is 0. The molecule has 64 valence electrons. The van der Waals surface area contributed by atoms with Gasteiger partial charge in [0.05, 0.1) is 0 Å². The van der Waals surface area contributed by atoms with E-state index in [4.69, 9.17) is 0 Å². The number of hydrogen-bond donors (Lipinski definition) is 0. The third-order valence-corrected chi connectivity index (χ3v) is 0.996. The molecular weight excluding hydrogens is 190 g/mol. The van der Waals surface area contributed by atoms with Crippen LogP contribution in [0.5, 0.6) is 0 Å². The summed E-state index contributed by atoms with van der Waals surface area (Å²) in [6, 6.07) is 0. The van der Waals surface area contributed by atoms with E-state index in [9.17, 15) is 10.2 Å². The van der Waals surface area contributed by atoms with Crippen molar-refractivity contribution < 1.29 is 91.2 Å². The molecule has 0 spiro atoms. The van der Waals surface area contributed by atoms with Crippen molar-refractivity contribution in [2.75, 3.05) is 13.2 Å². The Kier molecular flexibility index (Phi) is 58.4. The summed E-state index contributed by atoms with van der Waals surface area (Å²) >= 11 is 0. The Morgan fingerprint density at radius 3 is 1.08 bits per heavy atom. The topological polar surface area (TPSA) is 46.1 Å². The minimum atomic E-state index is 0. The minimum absolute atomic E-state index is 0. The molecule has 0 radical (unpaired) electrons. The van der Waals surface area contributed by atoms with E-state index < -0.39 is 0 Å². The average molecular weight is 208 g/mol. The van der Waals surface area contributed by atoms with Crippen molar-refractivity contribution in [1.82, 2.24) is 0 Å². The summed E-state index contributed by atoms with van der Waals surface area (Å²) in [5.74, 6) is 0. The first-order valence-electron chi connectivity index (χ1n) is 3.99. The normalized spacial score (nSPS) is 7.00. The Morgan fingerprint density at radius 2 is 1.08 bits per heavy atom. The van der Waals surface area contributed by atoms with E-state index in [0.717, 1.165) is 25.7 Å². The average Bonchev–Trinajstić information content (AvgIpc) is 1.93. The van der Waals surface area contributed by atoms with Gasteiger partial charge in [0, 0.05) is 0 Å². The monoisotopic (exact) mass is 208 g/mol. The molecule has 0 fully saturated rings. The van der Waals surface area contributed by atoms with E-state index >= 15 is 0 Å². The summed E-state index contributed by atoms with van der Waals surface area (Å²) in [6.45, 7) is 4.21. The van der Waals surface area contributed by atoms with Crippen molar-refractivity contribution in [2.24, 2.45) is 0 Å². The molecule has 0 aliphatic heterocycles. The Morgan fingerprint density at radius 1 is 0.833 bits per heavy atom. The van der Waals surface area contributed by atoms with Gasteiger partial charge in [0.15, 0.2) is 0 Å². The van der Waals surface area contributed by atoms with E-state index in [-0.39, 0.29) is 94.2 Å². The summed E-state index contributed by atoms with van der Waals surface area (Å²) in [6.07, 6.45) is 3.73. The third-order valence-electron chi connectivity index (χ3n) is 0.996. The molecule has 0 aliphatic rings. The molecule has 0 bridgehead atoms. The van der Waals surface area contributed by atoms with Gasteiger partial charge in [-0.1, -0.05) is 39.5 Å². The zero-order chi connectivity index (χ0) is 8.24. The molecule has 0 heterocycles. The number of hydrogen-bond acceptors (Lipinski definition) is 2. The van der Waals surface area contributed by atoms with Crippen LogP contribution in [0.3, 0.4) is 0 Å². The second-order valence-corrected chi connectivity index (χ2v) is 2.12. The molecule has 0 aromatic rings. The molecule has 0 N–H and O–H groups in total. The third kappa shape index (κ3) is 39.0. The van der Waals surface area contributed by atoms with Gasteiger partial charge in [-0.3, -0.25) is 0 Å². The molecule has 0 aromatic carbocycles. The van der Waals surface area contributed by atoms with Gasteiger partial charge in [-0.25, -0.2) is 0 Å². The molecule has 12 heavy (non-hydrogen) atoms. The van der Waals surface area contributed by atoms with Gasteiger partial charge in [-0.05, 0) is 0 Å². The van der Waals surface area contributed by atoms with E-state index in [2.05, 4.69) is 0 Å². The van der Waals surface area contributed by atoms with Gasteiger partial charge in [0.1, 0.15) is 0 Å². The maximum Gasteiger partial charge on any atom is 1.00 e. The summed E-state index contributed by atoms with van der Waals surface area (Å²) in [5, 5.41) is 19.1. The van der Waals surface area contributed by atoms with E-state index in [0.29, 0.717) is 0 Å². The van der Waals surface area contributed by atoms with Crippen molar-refractivity contribution in [2.45, 2.75) is 39.5 Å². The second-order valence-electron chi connectivity index (χ2n) is 2.12. The molecule has 0 aliphatic carbocycles. The van der Waals surface area contributed by atoms with Crippen LogP contribution in [-0.4, -0.2) is 13.2 Å². The van der Waals surface area contributed by atoms with Gasteiger partial charge < -0.3 is 10.2 Å². The van der Waals surface area contributed by atoms with Crippen LogP contribution in [0, 0.1) is 0 Å². The van der Waals surface area contributed by atoms with Crippen LogP contribution in [0.25, 0.3) is 0 Å². The predicted molar refractivity (Wildman–Crippen MR) is 39.6 cm³/mol. The van der Waals surface area contributed by atoms with Crippen LogP contribution in [0.2, 0.25) is 0 Å². The Bertz CT molecular complexity index is 38.0. The molecule has 4 heteroatoms. The summed E-state index contributed by atoms with van der Waals surface area (Å²) in [5.41, 5.74) is 0. The van der Waals surface area contributed by atoms with Crippen molar-refractivity contribution >= 4 is 0 Å². The van der Waals surface area contributed by atoms with Crippen LogP contribution in [0.4, 0.5) is 0 Å². The summed E-state index contributed by atoms with van der Waals surface area (Å²) in [4.78, 5) is 0. The zero-order valence-corrected chi connectivity index (χ0v) is 14.2. The van der Waals surface area contributed by atoms with E-state index in [1.54, 1.807) is 0 Å². The van der Waals surface area contributed by atoms with Gasteiger partial charge in [-0.15, -0.1) is 13.2 Å². The Labute approximate surface area is 141 Å². The van der Waals surface area contributed by atoms with Crippen molar-refractivity contribution in [3.63, 3.8) is 0 Å². The molecule has 0 amide bonds. The summed E-state index contributed by atoms with van der Waals surface area (Å²) in [7, 11) is 0. The number of unbranched alkanes of at least 4 members (excludes halogenated alkanes) is 2. The maximum absolute atomic E-state index is 9.53. The van der Waals surface area contributed by atoms with Crippen LogP contribution in [0.15, 0.2) is 0 Å². The van der Waals surface area contributed by atoms with Gasteiger partial charge in [0.25, 0.3) is 0 Å². The number of rotatable bonds is 4. The first-order valence-corrected chi connectivity index (χ1v) is 3.99. The van der Waals surface area contributed by atoms with Crippen molar-refractivity contribution in [1.29, 1.82) is 0 Å². The van der Waals surface area contributed by atoms with Crippen LogP contribution in [0.1, 0.15) is 39.5 Å². The molecule has 0 saturated carbocycles. The van der Waals surface area contributed by atoms with Crippen LogP contribution < -0.4 is 91.2 Å². The van der Waals surface area contributed by atoms with E-state index in [1.165, 1.54) is 0 Å². The smallest absolute Gasteiger partial charge is 0.854 e. The molecule has 0 saturated heterocycles.